The number of benzene rings is 1. The fourth-order valence-corrected chi connectivity index (χ4v) is 3.42. The van der Waals surface area contributed by atoms with Crippen LogP contribution in [0.5, 0.6) is 0 Å². The summed E-state index contributed by atoms with van der Waals surface area (Å²) >= 11 is 1.65. The van der Waals surface area contributed by atoms with Crippen molar-refractivity contribution in [3.8, 4) is 11.1 Å². The van der Waals surface area contributed by atoms with Crippen LogP contribution in [0.4, 0.5) is 5.82 Å². The minimum absolute atomic E-state index is 0.578. The highest BCUT2D eigenvalue weighted by Gasteiger charge is 2.14. The highest BCUT2D eigenvalue weighted by atomic mass is 32.1. The van der Waals surface area contributed by atoms with Gasteiger partial charge in [0.1, 0.15) is 17.0 Å². The molecule has 0 saturated carbocycles. The maximum absolute atomic E-state index is 5.58. The lowest BCUT2D eigenvalue weighted by Gasteiger charge is -2.09. The third-order valence-electron chi connectivity index (χ3n) is 3.48. The molecule has 108 valence electrons. The van der Waals surface area contributed by atoms with Gasteiger partial charge >= 0.3 is 0 Å². The van der Waals surface area contributed by atoms with Crippen LogP contribution >= 0.6 is 11.3 Å². The van der Waals surface area contributed by atoms with E-state index in [-0.39, 0.29) is 0 Å². The second-order valence-corrected chi connectivity index (χ2v) is 5.94. The zero-order valence-electron chi connectivity index (χ0n) is 12.2. The van der Waals surface area contributed by atoms with Crippen LogP contribution in [0.2, 0.25) is 0 Å². The van der Waals surface area contributed by atoms with Crippen molar-refractivity contribution >= 4 is 27.4 Å². The molecule has 0 aliphatic heterocycles. The van der Waals surface area contributed by atoms with Crippen molar-refractivity contribution in [3.63, 3.8) is 0 Å². The molecule has 2 aromatic heterocycles. The Labute approximate surface area is 128 Å². The van der Waals surface area contributed by atoms with Crippen LogP contribution in [0.25, 0.3) is 21.3 Å². The fraction of sp³-hybridized carbons (Fsp3) is 0.250. The largest absolute Gasteiger partial charge is 0.368 e. The van der Waals surface area contributed by atoms with Gasteiger partial charge in [-0.1, -0.05) is 23.8 Å². The number of nitrogens with two attached hydrogens (primary N) is 1. The van der Waals surface area contributed by atoms with Crippen LogP contribution < -0.4 is 11.1 Å². The monoisotopic (exact) mass is 298 g/mol. The van der Waals surface area contributed by atoms with Gasteiger partial charge in [0.05, 0.1) is 5.39 Å². The summed E-state index contributed by atoms with van der Waals surface area (Å²) in [5.74, 6) is 0.863. The summed E-state index contributed by atoms with van der Waals surface area (Å²) < 4.78 is 0. The molecule has 0 bridgehead atoms. The molecule has 4 nitrogen and oxygen atoms in total. The van der Waals surface area contributed by atoms with Crippen molar-refractivity contribution in [2.75, 3.05) is 18.4 Å². The van der Waals surface area contributed by atoms with E-state index in [4.69, 9.17) is 5.73 Å². The maximum atomic E-state index is 5.58. The minimum atomic E-state index is 0.578. The first-order valence-corrected chi connectivity index (χ1v) is 7.82. The Morgan fingerprint density at radius 1 is 1.19 bits per heavy atom. The Kier molecular flexibility index (Phi) is 3.86. The number of fused-ring (bicyclic) bond motifs is 1. The van der Waals surface area contributed by atoms with E-state index in [0.29, 0.717) is 13.1 Å². The SMILES string of the molecule is Cc1ccc(-c2csc3ncnc(NCCN)c23)c(C)c1. The predicted octanol–water partition coefficient (Wildman–Crippen LogP) is 3.35. The van der Waals surface area contributed by atoms with E-state index in [1.54, 1.807) is 17.7 Å². The molecule has 0 fully saturated rings. The van der Waals surface area contributed by atoms with Crippen molar-refractivity contribution < 1.29 is 0 Å². The van der Waals surface area contributed by atoms with Crippen LogP contribution in [0, 0.1) is 13.8 Å². The molecule has 0 aliphatic rings. The molecule has 2 heterocycles. The molecule has 0 spiro atoms. The van der Waals surface area contributed by atoms with Gasteiger partial charge in [-0.2, -0.15) is 0 Å². The van der Waals surface area contributed by atoms with Crippen molar-refractivity contribution in [1.82, 2.24) is 9.97 Å². The number of anilines is 1. The molecule has 0 atom stereocenters. The first kappa shape index (κ1) is 14.0. The average molecular weight is 298 g/mol. The Bertz CT molecular complexity index is 779. The van der Waals surface area contributed by atoms with Gasteiger partial charge < -0.3 is 11.1 Å². The zero-order chi connectivity index (χ0) is 14.8. The first-order chi connectivity index (χ1) is 10.2. The summed E-state index contributed by atoms with van der Waals surface area (Å²) in [4.78, 5) is 9.76. The molecule has 3 aromatic rings. The van der Waals surface area contributed by atoms with E-state index in [0.717, 1.165) is 16.0 Å². The summed E-state index contributed by atoms with van der Waals surface area (Å²) in [6.45, 7) is 5.53. The van der Waals surface area contributed by atoms with Gasteiger partial charge in [-0.3, -0.25) is 0 Å². The van der Waals surface area contributed by atoms with Gasteiger partial charge in [-0.05, 0) is 25.0 Å². The molecule has 0 radical (unpaired) electrons. The second-order valence-electron chi connectivity index (χ2n) is 5.09. The Hall–Kier alpha value is -1.98. The minimum Gasteiger partial charge on any atom is -0.368 e. The number of aryl methyl sites for hydroxylation is 2. The quantitative estimate of drug-likeness (QED) is 0.775. The molecular weight excluding hydrogens is 280 g/mol. The lowest BCUT2D eigenvalue weighted by molar-refractivity contribution is 1.01. The second kappa shape index (κ2) is 5.79. The average Bonchev–Trinajstić information content (AvgIpc) is 2.89. The zero-order valence-corrected chi connectivity index (χ0v) is 13.0. The Morgan fingerprint density at radius 2 is 2.05 bits per heavy atom. The molecule has 0 saturated heterocycles. The standard InChI is InChI=1S/C16H18N4S/c1-10-3-4-12(11(2)7-10)13-8-21-16-14(13)15(18-6-5-17)19-9-20-16/h3-4,7-9H,5-6,17H2,1-2H3,(H,18,19,20). The van der Waals surface area contributed by atoms with E-state index in [1.165, 1.54) is 22.3 Å². The number of thiophene rings is 1. The molecule has 0 unspecified atom stereocenters. The Morgan fingerprint density at radius 3 is 2.81 bits per heavy atom. The molecule has 0 amide bonds. The smallest absolute Gasteiger partial charge is 0.138 e. The van der Waals surface area contributed by atoms with Gasteiger partial charge in [-0.25, -0.2) is 9.97 Å². The summed E-state index contributed by atoms with van der Waals surface area (Å²) in [7, 11) is 0. The lowest BCUT2D eigenvalue weighted by Crippen LogP contribution is -2.14. The number of nitrogens with zero attached hydrogens (tertiary/aromatic N) is 2. The van der Waals surface area contributed by atoms with Crippen molar-refractivity contribution in [1.29, 1.82) is 0 Å². The first-order valence-electron chi connectivity index (χ1n) is 6.94. The van der Waals surface area contributed by atoms with E-state index in [2.05, 4.69) is 52.7 Å². The molecule has 3 rings (SSSR count). The number of hydrogen-bond donors (Lipinski definition) is 2. The van der Waals surface area contributed by atoms with Crippen molar-refractivity contribution in [2.45, 2.75) is 13.8 Å². The van der Waals surface area contributed by atoms with Gasteiger partial charge in [-0.15, -0.1) is 11.3 Å². The number of rotatable bonds is 4. The molecule has 1 aromatic carbocycles. The normalized spacial score (nSPS) is 11.0. The highest BCUT2D eigenvalue weighted by Crippen LogP contribution is 2.37. The van der Waals surface area contributed by atoms with E-state index < -0.39 is 0 Å². The van der Waals surface area contributed by atoms with Crippen LogP contribution in [-0.4, -0.2) is 23.1 Å². The van der Waals surface area contributed by atoms with E-state index >= 15 is 0 Å². The molecular formula is C16H18N4S. The predicted molar refractivity (Wildman–Crippen MR) is 89.9 cm³/mol. The van der Waals surface area contributed by atoms with Gasteiger partial charge in [0.2, 0.25) is 0 Å². The van der Waals surface area contributed by atoms with Crippen LogP contribution in [0.1, 0.15) is 11.1 Å². The van der Waals surface area contributed by atoms with Crippen molar-refractivity contribution in [2.24, 2.45) is 5.73 Å². The summed E-state index contributed by atoms with van der Waals surface area (Å²) in [5, 5.41) is 6.54. The highest BCUT2D eigenvalue weighted by molar-refractivity contribution is 7.17. The van der Waals surface area contributed by atoms with Crippen molar-refractivity contribution in [3.05, 3.63) is 41.0 Å². The number of nitrogens with one attached hydrogen (secondary N) is 1. The summed E-state index contributed by atoms with van der Waals surface area (Å²) in [5.41, 5.74) is 10.5. The van der Waals surface area contributed by atoms with Gasteiger partial charge in [0.15, 0.2) is 0 Å². The van der Waals surface area contributed by atoms with E-state index in [1.807, 2.05) is 0 Å². The lowest BCUT2D eigenvalue weighted by atomic mass is 9.99. The molecule has 3 N–H and O–H groups in total. The summed E-state index contributed by atoms with van der Waals surface area (Å²) in [6, 6.07) is 6.52. The molecule has 5 heteroatoms. The maximum Gasteiger partial charge on any atom is 0.138 e. The third kappa shape index (κ3) is 2.62. The number of hydrogen-bond acceptors (Lipinski definition) is 5. The van der Waals surface area contributed by atoms with Crippen LogP contribution in [0.15, 0.2) is 29.9 Å². The van der Waals surface area contributed by atoms with E-state index in [9.17, 15) is 0 Å². The van der Waals surface area contributed by atoms with Crippen LogP contribution in [-0.2, 0) is 0 Å². The Balaban J connectivity index is 2.18. The molecule has 21 heavy (non-hydrogen) atoms. The summed E-state index contributed by atoms with van der Waals surface area (Å²) in [6.07, 6.45) is 1.60. The fourth-order valence-electron chi connectivity index (χ4n) is 2.51. The third-order valence-corrected chi connectivity index (χ3v) is 4.37. The topological polar surface area (TPSA) is 63.8 Å². The van der Waals surface area contributed by atoms with Crippen LogP contribution in [0.3, 0.4) is 0 Å². The molecule has 0 aliphatic carbocycles. The van der Waals surface area contributed by atoms with Gasteiger partial charge in [0, 0.05) is 24.0 Å². The van der Waals surface area contributed by atoms with Gasteiger partial charge in [0.25, 0.3) is 0 Å². The number of aromatic nitrogens is 2.